The van der Waals surface area contributed by atoms with E-state index >= 15 is 0 Å². The average molecular weight is 416 g/mol. The van der Waals surface area contributed by atoms with E-state index in [1.165, 1.54) is 4.90 Å². The van der Waals surface area contributed by atoms with Crippen LogP contribution < -0.4 is 0 Å². The van der Waals surface area contributed by atoms with E-state index in [1.807, 2.05) is 37.3 Å². The van der Waals surface area contributed by atoms with Crippen molar-refractivity contribution in [2.75, 3.05) is 29.6 Å². The highest BCUT2D eigenvalue weighted by Crippen LogP contribution is 2.19. The Hall–Kier alpha value is -1.41. The fraction of sp³-hybridized carbons (Fsp3) is 0.632. The lowest BCUT2D eigenvalue weighted by atomic mass is 10.1. The van der Waals surface area contributed by atoms with Gasteiger partial charge in [0.1, 0.15) is 5.75 Å². The molecule has 1 unspecified atom stereocenters. The molecule has 0 bridgehead atoms. The van der Waals surface area contributed by atoms with E-state index in [1.54, 1.807) is 0 Å². The summed E-state index contributed by atoms with van der Waals surface area (Å²) in [6, 6.07) is 9.24. The average Bonchev–Trinajstić information content (AvgIpc) is 2.95. The zero-order valence-electron chi connectivity index (χ0n) is 15.8. The van der Waals surface area contributed by atoms with Gasteiger partial charge in [0.15, 0.2) is 19.7 Å². The standard InChI is InChI=1S/C19H29NO5S2/c1-2-3-12-20(18-11-14-27(24,25)15-18)19(21)16-26(22,23)13-7-10-17-8-5-4-6-9-17/h4-6,8-9,18H,2-3,7,10-16H2,1H3. The first-order valence-electron chi connectivity index (χ1n) is 9.46. The molecule has 1 aliphatic rings. The Morgan fingerprint density at radius 2 is 1.89 bits per heavy atom. The number of sulfone groups is 2. The van der Waals surface area contributed by atoms with E-state index in [-0.39, 0.29) is 17.3 Å². The Bertz CT molecular complexity index is 819. The van der Waals surface area contributed by atoms with Gasteiger partial charge in [0.2, 0.25) is 5.91 Å². The Morgan fingerprint density at radius 3 is 2.48 bits per heavy atom. The van der Waals surface area contributed by atoms with Gasteiger partial charge < -0.3 is 4.90 Å². The lowest BCUT2D eigenvalue weighted by molar-refractivity contribution is -0.130. The third-order valence-corrected chi connectivity index (χ3v) is 8.18. The number of aryl methyl sites for hydroxylation is 1. The summed E-state index contributed by atoms with van der Waals surface area (Å²) in [6.07, 6.45) is 3.09. The molecule has 27 heavy (non-hydrogen) atoms. The quantitative estimate of drug-likeness (QED) is 0.582. The van der Waals surface area contributed by atoms with Crippen molar-refractivity contribution in [3.8, 4) is 0 Å². The van der Waals surface area contributed by atoms with E-state index in [0.29, 0.717) is 25.8 Å². The van der Waals surface area contributed by atoms with Crippen LogP contribution in [0.1, 0.15) is 38.2 Å². The van der Waals surface area contributed by atoms with Crippen LogP contribution in [0.15, 0.2) is 30.3 Å². The molecule has 0 N–H and O–H groups in total. The molecule has 6 nitrogen and oxygen atoms in total. The van der Waals surface area contributed by atoms with Crippen LogP contribution in [0.3, 0.4) is 0 Å². The third-order valence-electron chi connectivity index (χ3n) is 4.83. The van der Waals surface area contributed by atoms with Crippen LogP contribution in [0.5, 0.6) is 0 Å². The van der Waals surface area contributed by atoms with Crippen molar-refractivity contribution in [2.45, 2.75) is 45.1 Å². The second-order valence-corrected chi connectivity index (χ2v) is 11.6. The molecule has 1 amide bonds. The minimum atomic E-state index is -3.52. The predicted molar refractivity (Wildman–Crippen MR) is 107 cm³/mol. The van der Waals surface area contributed by atoms with E-state index < -0.39 is 37.4 Å². The molecule has 0 aromatic heterocycles. The van der Waals surface area contributed by atoms with E-state index in [2.05, 4.69) is 0 Å². The molecule has 1 aromatic carbocycles. The zero-order chi connectivity index (χ0) is 19.9. The number of unbranched alkanes of at least 4 members (excludes halogenated alkanes) is 1. The van der Waals surface area contributed by atoms with Crippen molar-refractivity contribution in [3.05, 3.63) is 35.9 Å². The topological polar surface area (TPSA) is 88.6 Å². The number of benzene rings is 1. The summed E-state index contributed by atoms with van der Waals surface area (Å²) in [6.45, 7) is 2.39. The molecule has 0 saturated carbocycles. The summed E-state index contributed by atoms with van der Waals surface area (Å²) in [5.41, 5.74) is 1.07. The molecule has 1 saturated heterocycles. The van der Waals surface area contributed by atoms with Gasteiger partial charge in [-0.15, -0.1) is 0 Å². The molecule has 0 spiro atoms. The zero-order valence-corrected chi connectivity index (χ0v) is 17.5. The third kappa shape index (κ3) is 7.25. The summed E-state index contributed by atoms with van der Waals surface area (Å²) >= 11 is 0. The van der Waals surface area contributed by atoms with Gasteiger partial charge in [-0.25, -0.2) is 16.8 Å². The minimum Gasteiger partial charge on any atom is -0.338 e. The van der Waals surface area contributed by atoms with Crippen molar-refractivity contribution in [1.82, 2.24) is 4.90 Å². The van der Waals surface area contributed by atoms with Crippen molar-refractivity contribution >= 4 is 25.6 Å². The summed E-state index contributed by atoms with van der Waals surface area (Å²) < 4.78 is 48.3. The van der Waals surface area contributed by atoms with Crippen molar-refractivity contribution in [1.29, 1.82) is 0 Å². The van der Waals surface area contributed by atoms with Crippen LogP contribution in [-0.4, -0.2) is 63.2 Å². The van der Waals surface area contributed by atoms with Crippen molar-refractivity contribution in [3.63, 3.8) is 0 Å². The fourth-order valence-electron chi connectivity index (χ4n) is 3.34. The lowest BCUT2D eigenvalue weighted by Gasteiger charge is -2.28. The van der Waals surface area contributed by atoms with Gasteiger partial charge in [-0.1, -0.05) is 43.7 Å². The van der Waals surface area contributed by atoms with Gasteiger partial charge in [0.05, 0.1) is 17.3 Å². The Labute approximate surface area is 162 Å². The second-order valence-electron chi connectivity index (χ2n) is 7.18. The largest absolute Gasteiger partial charge is 0.338 e. The van der Waals surface area contributed by atoms with Gasteiger partial charge in [0.25, 0.3) is 0 Å². The maximum Gasteiger partial charge on any atom is 0.238 e. The van der Waals surface area contributed by atoms with Crippen molar-refractivity contribution < 1.29 is 21.6 Å². The molecule has 1 atom stereocenters. The van der Waals surface area contributed by atoms with E-state index in [0.717, 1.165) is 18.4 Å². The molecule has 1 fully saturated rings. The molecule has 152 valence electrons. The fourth-order valence-corrected chi connectivity index (χ4v) is 6.35. The Morgan fingerprint density at radius 1 is 1.19 bits per heavy atom. The molecule has 0 aliphatic carbocycles. The molecular formula is C19H29NO5S2. The summed E-state index contributed by atoms with van der Waals surface area (Å²) in [7, 11) is -6.65. The number of amides is 1. The molecule has 1 heterocycles. The summed E-state index contributed by atoms with van der Waals surface area (Å²) in [5.74, 6) is -1.04. The maximum absolute atomic E-state index is 12.6. The Kier molecular flexibility index (Phi) is 7.85. The minimum absolute atomic E-state index is 0.0434. The highest BCUT2D eigenvalue weighted by molar-refractivity contribution is 7.92. The summed E-state index contributed by atoms with van der Waals surface area (Å²) in [5, 5.41) is 0. The smallest absolute Gasteiger partial charge is 0.238 e. The SMILES string of the molecule is CCCCN(C(=O)CS(=O)(=O)CCCc1ccccc1)C1CCS(=O)(=O)C1. The van der Waals surface area contributed by atoms with Crippen LogP contribution in [0.25, 0.3) is 0 Å². The number of hydrogen-bond donors (Lipinski definition) is 0. The normalized spacial score (nSPS) is 19.1. The van der Waals surface area contributed by atoms with Crippen LogP contribution in [-0.2, 0) is 30.9 Å². The van der Waals surface area contributed by atoms with Crippen molar-refractivity contribution in [2.24, 2.45) is 0 Å². The second kappa shape index (κ2) is 9.68. The number of carbonyl (C=O) groups is 1. The first-order chi connectivity index (χ1) is 12.7. The van der Waals surface area contributed by atoms with Crippen LogP contribution in [0.4, 0.5) is 0 Å². The highest BCUT2D eigenvalue weighted by Gasteiger charge is 2.35. The van der Waals surface area contributed by atoms with E-state index in [9.17, 15) is 21.6 Å². The molecule has 1 aliphatic heterocycles. The van der Waals surface area contributed by atoms with E-state index in [4.69, 9.17) is 0 Å². The first-order valence-corrected chi connectivity index (χ1v) is 13.1. The number of rotatable bonds is 10. The summed E-state index contributed by atoms with van der Waals surface area (Å²) in [4.78, 5) is 14.1. The lowest BCUT2D eigenvalue weighted by Crippen LogP contribution is -2.44. The monoisotopic (exact) mass is 415 g/mol. The van der Waals surface area contributed by atoms with Crippen LogP contribution in [0.2, 0.25) is 0 Å². The van der Waals surface area contributed by atoms with Gasteiger partial charge in [-0.2, -0.15) is 0 Å². The molecule has 1 aromatic rings. The Balaban J connectivity index is 1.93. The highest BCUT2D eigenvalue weighted by atomic mass is 32.2. The van der Waals surface area contributed by atoms with Gasteiger partial charge in [0, 0.05) is 12.6 Å². The molecule has 8 heteroatoms. The number of carbonyl (C=O) groups excluding carboxylic acids is 1. The molecular weight excluding hydrogens is 386 g/mol. The van der Waals surface area contributed by atoms with Gasteiger partial charge >= 0.3 is 0 Å². The van der Waals surface area contributed by atoms with Crippen LogP contribution in [0, 0.1) is 0 Å². The van der Waals surface area contributed by atoms with Gasteiger partial charge in [-0.05, 0) is 31.2 Å². The van der Waals surface area contributed by atoms with Gasteiger partial charge in [-0.3, -0.25) is 4.79 Å². The first kappa shape index (κ1) is 21.9. The number of hydrogen-bond acceptors (Lipinski definition) is 5. The molecule has 2 rings (SSSR count). The predicted octanol–water partition coefficient (Wildman–Crippen LogP) is 1.85. The molecule has 0 radical (unpaired) electrons. The van der Waals surface area contributed by atoms with Crippen LogP contribution >= 0.6 is 0 Å². The maximum atomic E-state index is 12.6. The number of nitrogens with zero attached hydrogens (tertiary/aromatic N) is 1.